The number of amides is 3. The molecule has 0 spiro atoms. The second-order valence-electron chi connectivity index (χ2n) is 9.02. The zero-order valence-electron chi connectivity index (χ0n) is 20.5. The van der Waals surface area contributed by atoms with Crippen LogP contribution in [-0.4, -0.2) is 40.8 Å². The average molecular weight is 490 g/mol. The lowest BCUT2D eigenvalue weighted by molar-refractivity contribution is -0.124. The molecule has 36 heavy (non-hydrogen) atoms. The molecule has 0 bridgehead atoms. The van der Waals surface area contributed by atoms with Crippen molar-refractivity contribution in [3.63, 3.8) is 0 Å². The summed E-state index contributed by atoms with van der Waals surface area (Å²) in [6.45, 7) is 2.12. The number of furan rings is 1. The molecular weight excluding hydrogens is 458 g/mol. The number of aryl methyl sites for hydroxylation is 1. The van der Waals surface area contributed by atoms with E-state index in [-0.39, 0.29) is 30.0 Å². The van der Waals surface area contributed by atoms with E-state index >= 15 is 0 Å². The van der Waals surface area contributed by atoms with E-state index in [9.17, 15) is 14.4 Å². The van der Waals surface area contributed by atoms with E-state index in [1.165, 1.54) is 0 Å². The predicted molar refractivity (Wildman–Crippen MR) is 134 cm³/mol. The van der Waals surface area contributed by atoms with Crippen molar-refractivity contribution in [2.24, 2.45) is 5.92 Å². The van der Waals surface area contributed by atoms with Crippen LogP contribution in [-0.2, 0) is 11.3 Å². The Morgan fingerprint density at radius 3 is 2.61 bits per heavy atom. The Hall–Kier alpha value is -4.01. The van der Waals surface area contributed by atoms with Crippen LogP contribution in [0.15, 0.2) is 53.1 Å². The van der Waals surface area contributed by atoms with Crippen molar-refractivity contribution >= 4 is 17.7 Å². The standard InChI is InChI=1S/C27H31N5O4/c1-17-7-6-10-20(31-17)25(33)30-16-18-13-14-29-21(15-18)22-11-12-23(36-22)26(34)32-24(27(35)28-2)19-8-4-3-5-9-19/h6-7,10-15,19,24H,3-5,8-9,16H2,1-2H3,(H,28,35)(H,30,33)(H,32,34). The van der Waals surface area contributed by atoms with Gasteiger partial charge < -0.3 is 20.4 Å². The van der Waals surface area contributed by atoms with Crippen LogP contribution in [0, 0.1) is 12.8 Å². The minimum Gasteiger partial charge on any atom is -0.449 e. The average Bonchev–Trinajstić information content (AvgIpc) is 3.41. The molecule has 188 valence electrons. The molecule has 0 aromatic carbocycles. The van der Waals surface area contributed by atoms with Crippen LogP contribution < -0.4 is 16.0 Å². The minimum atomic E-state index is -0.593. The van der Waals surface area contributed by atoms with Crippen molar-refractivity contribution < 1.29 is 18.8 Å². The van der Waals surface area contributed by atoms with Gasteiger partial charge in [-0.15, -0.1) is 0 Å². The van der Waals surface area contributed by atoms with Gasteiger partial charge in [-0.1, -0.05) is 25.3 Å². The smallest absolute Gasteiger partial charge is 0.287 e. The monoisotopic (exact) mass is 489 g/mol. The Kier molecular flexibility index (Phi) is 8.10. The second kappa shape index (κ2) is 11.6. The minimum absolute atomic E-state index is 0.112. The molecule has 9 heteroatoms. The fraction of sp³-hybridized carbons (Fsp3) is 0.370. The fourth-order valence-electron chi connectivity index (χ4n) is 4.49. The number of carbonyl (C=O) groups excluding carboxylic acids is 3. The van der Waals surface area contributed by atoms with Gasteiger partial charge in [-0.2, -0.15) is 0 Å². The molecule has 1 fully saturated rings. The molecule has 3 N–H and O–H groups in total. The zero-order valence-corrected chi connectivity index (χ0v) is 20.5. The van der Waals surface area contributed by atoms with Gasteiger partial charge in [0.2, 0.25) is 5.91 Å². The lowest BCUT2D eigenvalue weighted by atomic mass is 9.83. The van der Waals surface area contributed by atoms with Crippen molar-refractivity contribution in [1.82, 2.24) is 25.9 Å². The number of aromatic nitrogens is 2. The Morgan fingerprint density at radius 2 is 1.86 bits per heavy atom. The molecule has 1 aliphatic rings. The molecule has 0 radical (unpaired) electrons. The molecule has 3 heterocycles. The van der Waals surface area contributed by atoms with E-state index in [1.807, 2.05) is 13.0 Å². The van der Waals surface area contributed by atoms with Crippen LogP contribution >= 0.6 is 0 Å². The number of carbonyl (C=O) groups is 3. The Bertz CT molecular complexity index is 1230. The SMILES string of the molecule is CNC(=O)C(NC(=O)c1ccc(-c2cc(CNC(=O)c3cccc(C)n3)ccn2)o1)C1CCCCC1. The van der Waals surface area contributed by atoms with Crippen molar-refractivity contribution in [2.75, 3.05) is 7.05 Å². The quantitative estimate of drug-likeness (QED) is 0.445. The second-order valence-corrected chi connectivity index (χ2v) is 9.02. The van der Waals surface area contributed by atoms with Gasteiger partial charge in [0.05, 0.1) is 0 Å². The first-order valence-electron chi connectivity index (χ1n) is 12.2. The summed E-state index contributed by atoms with van der Waals surface area (Å²) in [6.07, 6.45) is 6.72. The molecule has 0 saturated heterocycles. The number of hydrogen-bond acceptors (Lipinski definition) is 6. The largest absolute Gasteiger partial charge is 0.449 e. The van der Waals surface area contributed by atoms with E-state index in [0.717, 1.165) is 43.4 Å². The van der Waals surface area contributed by atoms with E-state index in [1.54, 1.807) is 49.6 Å². The number of nitrogens with one attached hydrogen (secondary N) is 3. The maximum atomic E-state index is 12.9. The summed E-state index contributed by atoms with van der Waals surface area (Å²) in [6, 6.07) is 11.5. The highest BCUT2D eigenvalue weighted by Crippen LogP contribution is 2.27. The number of likely N-dealkylation sites (N-methyl/N-ethyl adjacent to an activating group) is 1. The van der Waals surface area contributed by atoms with E-state index < -0.39 is 11.9 Å². The molecule has 3 amide bonds. The first-order valence-corrected chi connectivity index (χ1v) is 12.2. The summed E-state index contributed by atoms with van der Waals surface area (Å²) in [5.41, 5.74) is 2.48. The van der Waals surface area contributed by atoms with Gasteiger partial charge >= 0.3 is 0 Å². The first-order chi connectivity index (χ1) is 17.4. The third-order valence-electron chi connectivity index (χ3n) is 6.42. The molecule has 1 unspecified atom stereocenters. The number of pyridine rings is 2. The van der Waals surface area contributed by atoms with Crippen molar-refractivity contribution in [1.29, 1.82) is 0 Å². The normalized spacial score (nSPS) is 14.6. The molecule has 3 aromatic heterocycles. The van der Waals surface area contributed by atoms with Crippen LogP contribution in [0.2, 0.25) is 0 Å². The van der Waals surface area contributed by atoms with Crippen LogP contribution in [0.5, 0.6) is 0 Å². The van der Waals surface area contributed by atoms with Crippen molar-refractivity contribution in [2.45, 2.75) is 51.6 Å². The lowest BCUT2D eigenvalue weighted by Crippen LogP contribution is -2.50. The van der Waals surface area contributed by atoms with Crippen molar-refractivity contribution in [3.8, 4) is 11.5 Å². The van der Waals surface area contributed by atoms with Gasteiger partial charge in [0.15, 0.2) is 11.5 Å². The van der Waals surface area contributed by atoms with Crippen LogP contribution in [0.1, 0.15) is 64.4 Å². The molecule has 1 aliphatic carbocycles. The maximum Gasteiger partial charge on any atom is 0.287 e. The van der Waals surface area contributed by atoms with Gasteiger partial charge in [0.1, 0.15) is 17.4 Å². The van der Waals surface area contributed by atoms with Crippen LogP contribution in [0.4, 0.5) is 0 Å². The summed E-state index contributed by atoms with van der Waals surface area (Å²) >= 11 is 0. The van der Waals surface area contributed by atoms with Crippen molar-refractivity contribution in [3.05, 3.63) is 71.4 Å². The van der Waals surface area contributed by atoms with Gasteiger partial charge in [-0.25, -0.2) is 4.98 Å². The first kappa shape index (κ1) is 25.1. The topological polar surface area (TPSA) is 126 Å². The molecule has 4 rings (SSSR count). The Labute approximate surface area is 210 Å². The summed E-state index contributed by atoms with van der Waals surface area (Å²) < 4.78 is 5.79. The summed E-state index contributed by atoms with van der Waals surface area (Å²) in [5.74, 6) is -0.254. The number of rotatable bonds is 8. The van der Waals surface area contributed by atoms with Crippen LogP contribution in [0.3, 0.4) is 0 Å². The van der Waals surface area contributed by atoms with Crippen LogP contribution in [0.25, 0.3) is 11.5 Å². The summed E-state index contributed by atoms with van der Waals surface area (Å²) in [5, 5.41) is 8.38. The van der Waals surface area contributed by atoms with Gasteiger partial charge in [0.25, 0.3) is 11.8 Å². The molecule has 1 atom stereocenters. The highest BCUT2D eigenvalue weighted by atomic mass is 16.4. The molecular formula is C27H31N5O4. The number of nitrogens with zero attached hydrogens (tertiary/aromatic N) is 2. The van der Waals surface area contributed by atoms with E-state index in [4.69, 9.17) is 4.42 Å². The highest BCUT2D eigenvalue weighted by Gasteiger charge is 2.31. The zero-order chi connectivity index (χ0) is 25.5. The predicted octanol–water partition coefficient (Wildman–Crippen LogP) is 3.40. The Morgan fingerprint density at radius 1 is 1.06 bits per heavy atom. The maximum absolute atomic E-state index is 12.9. The third kappa shape index (κ3) is 6.16. The number of hydrogen-bond donors (Lipinski definition) is 3. The summed E-state index contributed by atoms with van der Waals surface area (Å²) in [7, 11) is 1.58. The van der Waals surface area contributed by atoms with Gasteiger partial charge in [-0.3, -0.25) is 19.4 Å². The van der Waals surface area contributed by atoms with Gasteiger partial charge in [0, 0.05) is 25.5 Å². The highest BCUT2D eigenvalue weighted by molar-refractivity contribution is 5.96. The van der Waals surface area contributed by atoms with E-state index in [2.05, 4.69) is 25.9 Å². The third-order valence-corrected chi connectivity index (χ3v) is 6.42. The molecule has 3 aromatic rings. The molecule has 9 nitrogen and oxygen atoms in total. The molecule has 1 saturated carbocycles. The Balaban J connectivity index is 1.41. The lowest BCUT2D eigenvalue weighted by Gasteiger charge is -2.29. The van der Waals surface area contributed by atoms with E-state index in [0.29, 0.717) is 17.1 Å². The summed E-state index contributed by atoms with van der Waals surface area (Å²) in [4.78, 5) is 46.3. The fourth-order valence-corrected chi connectivity index (χ4v) is 4.49. The molecule has 0 aliphatic heterocycles. The van der Waals surface area contributed by atoms with Gasteiger partial charge in [-0.05, 0) is 67.6 Å².